The lowest BCUT2D eigenvalue weighted by molar-refractivity contribution is -0.133. The number of ether oxygens (including phenoxy) is 1. The highest BCUT2D eigenvalue weighted by Crippen LogP contribution is 2.38. The number of carboxylic acids is 1. The Morgan fingerprint density at radius 2 is 1.89 bits per heavy atom. The molecule has 146 valence electrons. The first-order chi connectivity index (χ1) is 13.1. The van der Waals surface area contributed by atoms with Gasteiger partial charge in [0.25, 0.3) is 5.91 Å². The molecule has 1 heterocycles. The van der Waals surface area contributed by atoms with Gasteiger partial charge in [0, 0.05) is 5.69 Å². The van der Waals surface area contributed by atoms with Gasteiger partial charge in [0.1, 0.15) is 12.3 Å². The molecule has 0 fully saturated rings. The van der Waals surface area contributed by atoms with Crippen LogP contribution in [0.25, 0.3) is 0 Å². The molecule has 1 aliphatic heterocycles. The summed E-state index contributed by atoms with van der Waals surface area (Å²) in [5.74, 6) is -1.57. The molecule has 2 amide bonds. The summed E-state index contributed by atoms with van der Waals surface area (Å²) in [4.78, 5) is 38.1. The first kappa shape index (κ1) is 19.4. The molecule has 7 heteroatoms. The number of aryl methyl sites for hydroxylation is 1. The number of hydrogen-bond acceptors (Lipinski definition) is 4. The van der Waals surface area contributed by atoms with Gasteiger partial charge in [-0.25, -0.2) is 4.79 Å². The van der Waals surface area contributed by atoms with Crippen molar-refractivity contribution >= 4 is 29.2 Å². The number of nitrogens with zero attached hydrogens (tertiary/aromatic N) is 1. The maximum Gasteiger partial charge on any atom is 0.335 e. The van der Waals surface area contributed by atoms with Crippen LogP contribution in [0.2, 0.25) is 0 Å². The van der Waals surface area contributed by atoms with E-state index in [2.05, 4.69) is 5.32 Å². The first-order valence-electron chi connectivity index (χ1n) is 8.84. The third-order valence-electron chi connectivity index (χ3n) is 4.80. The maximum atomic E-state index is 12.9. The van der Waals surface area contributed by atoms with E-state index in [0.717, 1.165) is 11.1 Å². The zero-order valence-electron chi connectivity index (χ0n) is 16.2. The lowest BCUT2D eigenvalue weighted by atomic mass is 10.0. The lowest BCUT2D eigenvalue weighted by Crippen LogP contribution is -2.54. The number of carboxylic acid groups (broad SMARTS) is 1. The molecule has 2 N–H and O–H groups in total. The van der Waals surface area contributed by atoms with Gasteiger partial charge in [-0.05, 0) is 63.1 Å². The SMILES string of the molecule is Cc1cccc(NC(=O)CN2C(=O)C(C)(C)Oc3ccc(C(=O)O)cc32)c1C. The van der Waals surface area contributed by atoms with Crippen molar-refractivity contribution in [3.63, 3.8) is 0 Å². The number of hydrogen-bond donors (Lipinski definition) is 2. The van der Waals surface area contributed by atoms with E-state index in [0.29, 0.717) is 11.4 Å². The summed E-state index contributed by atoms with van der Waals surface area (Å²) in [5.41, 5.74) is 1.76. The van der Waals surface area contributed by atoms with Crippen LogP contribution in [0.3, 0.4) is 0 Å². The van der Waals surface area contributed by atoms with Crippen LogP contribution >= 0.6 is 0 Å². The predicted octanol–water partition coefficient (Wildman–Crippen LogP) is 3.14. The van der Waals surface area contributed by atoms with Crippen molar-refractivity contribution in [2.24, 2.45) is 0 Å². The molecular formula is C21H22N2O5. The van der Waals surface area contributed by atoms with Gasteiger partial charge in [-0.2, -0.15) is 0 Å². The van der Waals surface area contributed by atoms with Gasteiger partial charge >= 0.3 is 5.97 Å². The summed E-state index contributed by atoms with van der Waals surface area (Å²) in [6.07, 6.45) is 0. The summed E-state index contributed by atoms with van der Waals surface area (Å²) < 4.78 is 5.72. The van der Waals surface area contributed by atoms with Crippen LogP contribution in [0.5, 0.6) is 5.75 Å². The molecule has 3 rings (SSSR count). The molecule has 0 unspecified atom stereocenters. The number of amides is 2. The summed E-state index contributed by atoms with van der Waals surface area (Å²) in [5, 5.41) is 12.1. The van der Waals surface area contributed by atoms with E-state index in [-0.39, 0.29) is 23.7 Å². The number of carbonyl (C=O) groups excluding carboxylic acids is 2. The van der Waals surface area contributed by atoms with Crippen LogP contribution in [-0.2, 0) is 9.59 Å². The second kappa shape index (κ2) is 6.99. The quantitative estimate of drug-likeness (QED) is 0.847. The van der Waals surface area contributed by atoms with Crippen LogP contribution in [0, 0.1) is 13.8 Å². The van der Waals surface area contributed by atoms with Gasteiger partial charge in [0.2, 0.25) is 5.91 Å². The van der Waals surface area contributed by atoms with E-state index < -0.39 is 17.5 Å². The molecular weight excluding hydrogens is 360 g/mol. The van der Waals surface area contributed by atoms with Gasteiger partial charge in [-0.15, -0.1) is 0 Å². The van der Waals surface area contributed by atoms with Gasteiger partial charge in [0.15, 0.2) is 5.60 Å². The minimum atomic E-state index is -1.17. The van der Waals surface area contributed by atoms with Crippen LogP contribution in [0.1, 0.15) is 35.3 Å². The molecule has 0 bridgehead atoms. The fraction of sp³-hybridized carbons (Fsp3) is 0.286. The molecule has 0 aliphatic carbocycles. The summed E-state index contributed by atoms with van der Waals surface area (Å²) in [6, 6.07) is 9.83. The Hall–Kier alpha value is -3.35. The summed E-state index contributed by atoms with van der Waals surface area (Å²) in [7, 11) is 0. The number of rotatable bonds is 4. The van der Waals surface area contributed by atoms with Crippen LogP contribution in [-0.4, -0.2) is 35.0 Å². The van der Waals surface area contributed by atoms with E-state index in [1.54, 1.807) is 19.9 Å². The first-order valence-corrected chi connectivity index (χ1v) is 8.84. The van der Waals surface area contributed by atoms with Gasteiger partial charge < -0.3 is 15.2 Å². The Labute approximate surface area is 162 Å². The van der Waals surface area contributed by atoms with Crippen molar-refractivity contribution in [1.29, 1.82) is 0 Å². The molecule has 0 radical (unpaired) electrons. The zero-order valence-corrected chi connectivity index (χ0v) is 16.2. The highest BCUT2D eigenvalue weighted by Gasteiger charge is 2.41. The normalized spacial score (nSPS) is 14.9. The minimum Gasteiger partial charge on any atom is -0.478 e. The number of carbonyl (C=O) groups is 3. The van der Waals surface area contributed by atoms with Gasteiger partial charge in [-0.3, -0.25) is 14.5 Å². The van der Waals surface area contributed by atoms with E-state index >= 15 is 0 Å². The smallest absolute Gasteiger partial charge is 0.335 e. The standard InChI is InChI=1S/C21H22N2O5/c1-12-6-5-7-15(13(12)2)22-18(24)11-23-16-10-14(19(25)26)8-9-17(16)28-21(3,4)20(23)27/h5-10H,11H2,1-4H3,(H,22,24)(H,25,26). The fourth-order valence-corrected chi connectivity index (χ4v) is 3.08. The number of anilines is 2. The molecule has 0 saturated heterocycles. The van der Waals surface area contributed by atoms with Crippen molar-refractivity contribution in [3.05, 3.63) is 53.1 Å². The molecule has 28 heavy (non-hydrogen) atoms. The predicted molar refractivity (Wildman–Crippen MR) is 105 cm³/mol. The molecule has 0 aromatic heterocycles. The van der Waals surface area contributed by atoms with E-state index in [1.807, 2.05) is 26.0 Å². The Balaban J connectivity index is 1.92. The highest BCUT2D eigenvalue weighted by molar-refractivity contribution is 6.08. The average molecular weight is 382 g/mol. The van der Waals surface area contributed by atoms with E-state index in [9.17, 15) is 19.5 Å². The van der Waals surface area contributed by atoms with Gasteiger partial charge in [-0.1, -0.05) is 12.1 Å². The van der Waals surface area contributed by atoms with Crippen LogP contribution < -0.4 is 15.0 Å². The Morgan fingerprint density at radius 1 is 1.18 bits per heavy atom. The largest absolute Gasteiger partial charge is 0.478 e. The molecule has 2 aromatic carbocycles. The van der Waals surface area contributed by atoms with Crippen molar-refractivity contribution in [2.75, 3.05) is 16.8 Å². The van der Waals surface area contributed by atoms with Crippen LogP contribution in [0.4, 0.5) is 11.4 Å². The topological polar surface area (TPSA) is 95.9 Å². The van der Waals surface area contributed by atoms with E-state index in [4.69, 9.17) is 4.74 Å². The Morgan fingerprint density at radius 3 is 2.57 bits per heavy atom. The molecule has 0 spiro atoms. The zero-order chi connectivity index (χ0) is 20.6. The lowest BCUT2D eigenvalue weighted by Gasteiger charge is -2.38. The third kappa shape index (κ3) is 3.55. The molecule has 7 nitrogen and oxygen atoms in total. The third-order valence-corrected chi connectivity index (χ3v) is 4.80. The van der Waals surface area contributed by atoms with Crippen molar-refractivity contribution in [3.8, 4) is 5.75 Å². The minimum absolute atomic E-state index is 0.00907. The fourth-order valence-electron chi connectivity index (χ4n) is 3.08. The monoisotopic (exact) mass is 382 g/mol. The summed E-state index contributed by atoms with van der Waals surface area (Å²) in [6.45, 7) is 6.82. The van der Waals surface area contributed by atoms with Crippen LogP contribution in [0.15, 0.2) is 36.4 Å². The van der Waals surface area contributed by atoms with Gasteiger partial charge in [0.05, 0.1) is 11.3 Å². The van der Waals surface area contributed by atoms with Crippen molar-refractivity contribution in [2.45, 2.75) is 33.3 Å². The second-order valence-electron chi connectivity index (χ2n) is 7.29. The number of fused-ring (bicyclic) bond motifs is 1. The number of nitrogens with one attached hydrogen (secondary N) is 1. The molecule has 0 atom stereocenters. The van der Waals surface area contributed by atoms with E-state index in [1.165, 1.54) is 23.1 Å². The molecule has 1 aliphatic rings. The molecule has 2 aromatic rings. The molecule has 0 saturated carbocycles. The second-order valence-corrected chi connectivity index (χ2v) is 7.29. The Bertz CT molecular complexity index is 981. The van der Waals surface area contributed by atoms with Crippen molar-refractivity contribution in [1.82, 2.24) is 0 Å². The Kier molecular flexibility index (Phi) is 4.85. The van der Waals surface area contributed by atoms with Crippen molar-refractivity contribution < 1.29 is 24.2 Å². The number of benzene rings is 2. The maximum absolute atomic E-state index is 12.9. The highest BCUT2D eigenvalue weighted by atomic mass is 16.5. The summed E-state index contributed by atoms with van der Waals surface area (Å²) >= 11 is 0. The average Bonchev–Trinajstić information content (AvgIpc) is 2.62. The number of aromatic carboxylic acids is 1.